The van der Waals surface area contributed by atoms with Crippen LogP contribution in [0.15, 0.2) is 42.6 Å². The van der Waals surface area contributed by atoms with Crippen molar-refractivity contribution in [2.75, 3.05) is 38.5 Å². The van der Waals surface area contributed by atoms with E-state index in [0.717, 1.165) is 45.3 Å². The lowest BCUT2D eigenvalue weighted by Crippen LogP contribution is -2.58. The molecule has 4 aromatic rings. The van der Waals surface area contributed by atoms with Crippen molar-refractivity contribution in [3.63, 3.8) is 0 Å². The Hall–Kier alpha value is -5.68. The van der Waals surface area contributed by atoms with Gasteiger partial charge in [-0.2, -0.15) is 5.10 Å². The number of likely N-dealkylation sites (N-methyl/N-ethyl adjacent to an activating group) is 1. The van der Waals surface area contributed by atoms with Crippen LogP contribution in [-0.4, -0.2) is 117 Å². The van der Waals surface area contributed by atoms with E-state index in [2.05, 4.69) is 25.7 Å². The molecule has 13 nitrogen and oxygen atoms in total. The number of alkyl halides is 2. The number of aldehydes is 1. The van der Waals surface area contributed by atoms with E-state index in [1.807, 2.05) is 0 Å². The van der Waals surface area contributed by atoms with E-state index in [4.69, 9.17) is 0 Å². The van der Waals surface area contributed by atoms with Crippen LogP contribution in [0.4, 0.5) is 23.2 Å². The van der Waals surface area contributed by atoms with Gasteiger partial charge in [0.1, 0.15) is 24.0 Å². The number of carbonyl (C=O) groups excluding carboxylic acids is 5. The van der Waals surface area contributed by atoms with Crippen molar-refractivity contribution in [2.45, 2.75) is 88.6 Å². The highest BCUT2D eigenvalue weighted by molar-refractivity contribution is 6.23. The molecule has 0 bridgehead atoms. The van der Waals surface area contributed by atoms with Crippen molar-refractivity contribution >= 4 is 46.5 Å². The summed E-state index contributed by atoms with van der Waals surface area (Å²) in [6.45, 7) is 1.52. The number of fused-ring (bicyclic) bond motifs is 5. The van der Waals surface area contributed by atoms with Gasteiger partial charge in [-0.3, -0.25) is 39.0 Å². The van der Waals surface area contributed by atoms with Gasteiger partial charge in [0.15, 0.2) is 0 Å². The third-order valence-corrected chi connectivity index (χ3v) is 13.3. The minimum atomic E-state index is -2.69. The van der Waals surface area contributed by atoms with Gasteiger partial charge in [-0.1, -0.05) is 6.07 Å². The Morgan fingerprint density at radius 1 is 0.967 bits per heavy atom. The van der Waals surface area contributed by atoms with Crippen molar-refractivity contribution in [2.24, 2.45) is 5.92 Å². The summed E-state index contributed by atoms with van der Waals surface area (Å²) >= 11 is 0. The van der Waals surface area contributed by atoms with Crippen molar-refractivity contribution in [1.82, 2.24) is 35.1 Å². The Kier molecular flexibility index (Phi) is 10.9. The summed E-state index contributed by atoms with van der Waals surface area (Å²) < 4.78 is 59.3. The normalized spacial score (nSPS) is 22.3. The van der Waals surface area contributed by atoms with Gasteiger partial charge in [-0.25, -0.2) is 17.6 Å². The number of hydrogen-bond donors (Lipinski definition) is 3. The van der Waals surface area contributed by atoms with Crippen molar-refractivity contribution in [3.8, 4) is 0 Å². The SMILES string of the molecule is CNC(=O)C(CCC=O)N1C(=O)c2cc3c(cc2C1=O)CN(C1CCC(C(=O)N2CC(Nc4cc(F)c(C5c6ccc7[nH]ncc7c6CCN5CC(F)F)c(F)c4)C2)CC1)C3. The second kappa shape index (κ2) is 16.3. The second-order valence-electron chi connectivity index (χ2n) is 16.9. The van der Waals surface area contributed by atoms with Crippen molar-refractivity contribution < 1.29 is 41.5 Å². The smallest absolute Gasteiger partial charge is 0.262 e. The molecule has 2 fully saturated rings. The summed E-state index contributed by atoms with van der Waals surface area (Å²) in [6.07, 6.45) is 3.13. The molecule has 4 aliphatic heterocycles. The van der Waals surface area contributed by atoms with Crippen LogP contribution < -0.4 is 10.6 Å². The molecule has 2 atom stereocenters. The van der Waals surface area contributed by atoms with Gasteiger partial charge in [0.25, 0.3) is 18.2 Å². The number of hydrogen-bond acceptors (Lipinski definition) is 9. The lowest BCUT2D eigenvalue weighted by Gasteiger charge is -2.43. The van der Waals surface area contributed by atoms with Crippen LogP contribution in [0.3, 0.4) is 0 Å². The molecule has 0 radical (unpaired) electrons. The molecule has 9 rings (SSSR count). The maximum Gasteiger partial charge on any atom is 0.262 e. The standard InChI is InChI=1S/C44H46F4N8O5/c1-49-41(58)37(3-2-12-57)56-43(60)31-13-24-18-54(19-25(24)14-32(31)44(56)61)28-6-4-23(5-7-28)42(59)55-20-27(21-55)51-26-15-34(45)39(35(46)16-26)40-30-8-9-36-33(17-50-52-36)29(30)10-11-53(40)22-38(47)48/h8-9,12-17,23,27-28,37-38,40,51H,2-7,10-11,18-22H2,1H3,(H,49,58)(H,50,52). The van der Waals surface area contributed by atoms with Gasteiger partial charge in [0, 0.05) is 74.8 Å². The monoisotopic (exact) mass is 842 g/mol. The molecule has 3 aromatic carbocycles. The zero-order valence-electron chi connectivity index (χ0n) is 33.6. The minimum Gasteiger partial charge on any atom is -0.379 e. The lowest BCUT2D eigenvalue weighted by atomic mass is 9.83. The molecule has 4 amide bonds. The van der Waals surface area contributed by atoms with E-state index >= 15 is 8.78 Å². The molecule has 1 aromatic heterocycles. The number of carbonyl (C=O) groups is 5. The number of nitrogens with zero attached hydrogens (tertiary/aromatic N) is 5. The van der Waals surface area contributed by atoms with E-state index in [9.17, 15) is 32.8 Å². The van der Waals surface area contributed by atoms with Crippen LogP contribution in [0.5, 0.6) is 0 Å². The first-order valence-corrected chi connectivity index (χ1v) is 20.9. The van der Waals surface area contributed by atoms with Crippen LogP contribution in [0.25, 0.3) is 10.9 Å². The highest BCUT2D eigenvalue weighted by atomic mass is 19.3. The summed E-state index contributed by atoms with van der Waals surface area (Å²) in [6, 6.07) is 7.26. The van der Waals surface area contributed by atoms with Gasteiger partial charge in [-0.15, -0.1) is 0 Å². The maximum absolute atomic E-state index is 16.0. The Morgan fingerprint density at radius 2 is 1.64 bits per heavy atom. The highest BCUT2D eigenvalue weighted by Gasteiger charge is 2.45. The first kappa shape index (κ1) is 40.7. The number of aromatic nitrogens is 2. The Morgan fingerprint density at radius 3 is 2.26 bits per heavy atom. The number of likely N-dealkylation sites (tertiary alicyclic amines) is 1. The van der Waals surface area contributed by atoms with E-state index in [0.29, 0.717) is 57.3 Å². The number of anilines is 1. The van der Waals surface area contributed by atoms with Gasteiger partial charge in [0.05, 0.1) is 41.5 Å². The van der Waals surface area contributed by atoms with Gasteiger partial charge in [0.2, 0.25) is 11.8 Å². The molecule has 5 aliphatic rings. The number of nitrogens with one attached hydrogen (secondary N) is 3. The fourth-order valence-electron chi connectivity index (χ4n) is 10.3. The quantitative estimate of drug-likeness (QED) is 0.102. The molecule has 3 N–H and O–H groups in total. The highest BCUT2D eigenvalue weighted by Crippen LogP contribution is 2.42. The maximum atomic E-state index is 16.0. The van der Waals surface area contributed by atoms with E-state index in [1.165, 1.54) is 24.1 Å². The fourth-order valence-corrected chi connectivity index (χ4v) is 10.3. The Bertz CT molecular complexity index is 2360. The van der Waals surface area contributed by atoms with Crippen LogP contribution in [0.1, 0.15) is 93.1 Å². The molecule has 2 unspecified atom stereocenters. The Labute approximate surface area is 348 Å². The first-order chi connectivity index (χ1) is 29.4. The molecule has 0 spiro atoms. The zero-order chi connectivity index (χ0) is 42.7. The number of benzene rings is 3. The largest absolute Gasteiger partial charge is 0.379 e. The topological polar surface area (TPSA) is 151 Å². The number of rotatable bonds is 12. The van der Waals surface area contributed by atoms with E-state index < -0.39 is 54.4 Å². The number of imide groups is 1. The second-order valence-corrected chi connectivity index (χ2v) is 16.9. The molecule has 1 saturated heterocycles. The molecule has 17 heteroatoms. The van der Waals surface area contributed by atoms with E-state index in [-0.39, 0.29) is 65.7 Å². The Balaban J connectivity index is 0.789. The number of H-pyrrole nitrogens is 1. The van der Waals surface area contributed by atoms with Gasteiger partial charge < -0.3 is 20.3 Å². The average Bonchev–Trinajstić information content (AvgIpc) is 3.95. The third-order valence-electron chi connectivity index (χ3n) is 13.3. The summed E-state index contributed by atoms with van der Waals surface area (Å²) in [4.78, 5) is 70.5. The first-order valence-electron chi connectivity index (χ1n) is 20.9. The van der Waals surface area contributed by atoms with Crippen LogP contribution >= 0.6 is 0 Å². The summed E-state index contributed by atoms with van der Waals surface area (Å²) in [7, 11) is 1.42. The van der Waals surface area contributed by atoms with Crippen LogP contribution in [0.2, 0.25) is 0 Å². The molecular weight excluding hydrogens is 797 g/mol. The fraction of sp³-hybridized carbons (Fsp3) is 0.455. The molecule has 61 heavy (non-hydrogen) atoms. The van der Waals surface area contributed by atoms with Gasteiger partial charge in [-0.05, 0) is 91.1 Å². The van der Waals surface area contributed by atoms with Crippen LogP contribution in [0, 0.1) is 17.6 Å². The summed E-state index contributed by atoms with van der Waals surface area (Å²) in [5.74, 6) is -3.36. The van der Waals surface area contributed by atoms with Crippen molar-refractivity contribution in [3.05, 3.63) is 93.2 Å². The molecule has 1 aliphatic carbocycles. The van der Waals surface area contributed by atoms with Gasteiger partial charge >= 0.3 is 0 Å². The minimum absolute atomic E-state index is 0.0328. The lowest BCUT2D eigenvalue weighted by molar-refractivity contribution is -0.141. The third kappa shape index (κ3) is 7.34. The molecular formula is C44H46F4N8O5. The molecule has 5 heterocycles. The zero-order valence-corrected chi connectivity index (χ0v) is 33.6. The average molecular weight is 843 g/mol. The summed E-state index contributed by atoms with van der Waals surface area (Å²) in [5, 5.41) is 13.4. The number of amides is 4. The molecule has 1 saturated carbocycles. The number of halogens is 4. The molecule has 320 valence electrons. The number of aromatic amines is 1. The predicted molar refractivity (Wildman–Crippen MR) is 215 cm³/mol. The van der Waals surface area contributed by atoms with Crippen LogP contribution in [-0.2, 0) is 33.9 Å². The van der Waals surface area contributed by atoms with E-state index in [1.54, 1.807) is 35.4 Å². The van der Waals surface area contributed by atoms with Crippen molar-refractivity contribution in [1.29, 1.82) is 0 Å². The predicted octanol–water partition coefficient (Wildman–Crippen LogP) is 4.94. The summed E-state index contributed by atoms with van der Waals surface area (Å²) in [5.41, 5.74) is 4.50.